The molecule has 0 N–H and O–H groups in total. The fourth-order valence-corrected chi connectivity index (χ4v) is 0. The van der Waals surface area contributed by atoms with Gasteiger partial charge in [-0.1, -0.05) is 0 Å². The molecule has 0 aliphatic heterocycles. The molecule has 32 heteroatoms. The van der Waals surface area contributed by atoms with Crippen molar-refractivity contribution in [3.63, 3.8) is 0 Å². The Bertz CT molecular complexity index is 439. The predicted octanol–water partition coefficient (Wildman–Crippen LogP) is -5.43. The summed E-state index contributed by atoms with van der Waals surface area (Å²) in [6.07, 6.45) is 0. The Balaban J connectivity index is -0.000000000317. The van der Waals surface area contributed by atoms with Gasteiger partial charge in [0.05, 0.1) is 0 Å². The maximum absolute atomic E-state index is 8.52. The van der Waals surface area contributed by atoms with Crippen molar-refractivity contribution in [1.29, 1.82) is 0 Å². The Labute approximate surface area is 438 Å². The van der Waals surface area contributed by atoms with Gasteiger partial charge in [0.15, 0.2) is 0 Å². The molecule has 32 heavy (non-hydrogen) atoms. The summed E-state index contributed by atoms with van der Waals surface area (Å²) in [5.74, 6) is 0. The summed E-state index contributed by atoms with van der Waals surface area (Å²) in [6.45, 7) is 0. The summed E-state index contributed by atoms with van der Waals surface area (Å²) in [5, 5.41) is 0. The van der Waals surface area contributed by atoms with E-state index in [1.165, 1.54) is 0 Å². The van der Waals surface area contributed by atoms with Crippen LogP contribution in [0.3, 0.4) is 0 Å². The molecule has 0 rings (SSSR count). The average Bonchev–Trinajstić information content (AvgIpc) is 1.41. The summed E-state index contributed by atoms with van der Waals surface area (Å²) in [7, 11) is -15.5. The first-order valence-electron chi connectivity index (χ1n) is 2.00. The van der Waals surface area contributed by atoms with Crippen LogP contribution >= 0.6 is 0 Å². The molecule has 0 fully saturated rings. The van der Waals surface area contributed by atoms with E-state index in [0.29, 0.717) is 0 Å². The minimum atomic E-state index is -5.17. The van der Waals surface area contributed by atoms with Gasteiger partial charge in [-0.05, 0) is 0 Å². The largest absolute Gasteiger partial charge is 3.00 e. The van der Waals surface area contributed by atoms with Gasteiger partial charge in [-0.3, -0.25) is 25.3 Å². The molecule has 0 bridgehead atoms. The Morgan fingerprint density at radius 2 is 0.250 bits per heavy atom. The van der Waals surface area contributed by atoms with Gasteiger partial charge in [-0.2, -0.15) is 0 Å². The van der Waals surface area contributed by atoms with Gasteiger partial charge >= 0.3 is 295 Å². The van der Waals surface area contributed by atoms with Crippen molar-refractivity contribution in [2.75, 3.05) is 0 Å². The Morgan fingerprint density at radius 1 is 0.250 bits per heavy atom. The van der Waals surface area contributed by atoms with Gasteiger partial charge < -0.3 is 91.5 Å². The second kappa shape index (κ2) is 83.4. The molecular weight excluding hydrogens is 747 g/mol. The van der Waals surface area contributed by atoms with Crippen LogP contribution in [0.2, 0.25) is 0 Å². The standard InChI is InChI=1S/17Al.3H2O4S.45H/c;;;;;;;;;;;;;;;;;3*1-5(2,3)4;;;;;;;;;;;;;;;;;;;;;;;;;;;;;;;;;;;;;;;;;;;;;/h;;;;;;;;;;;;;;;;;3*(H2,1,2,3,4);;;;;;;;;;;;;;;;;;;;;;;;;;;;;;;;;;;;;;;;;;;;;/q17*+3;;;;45*-1/p-6. The van der Waals surface area contributed by atoms with Crippen LogP contribution in [0.15, 0.2) is 0 Å². The van der Waals surface area contributed by atoms with Crippen molar-refractivity contribution in [3.05, 3.63) is 0 Å². The molecule has 0 aliphatic carbocycles. The van der Waals surface area contributed by atoms with Gasteiger partial charge in [-0.15, -0.1) is 0 Å². The quantitative estimate of drug-likeness (QED) is 0.127. The fourth-order valence-electron chi connectivity index (χ4n) is 0. The molecule has 0 aliphatic rings. The molecule has 186 valence electrons. The van der Waals surface area contributed by atoms with Crippen LogP contribution in [0.5, 0.6) is 0 Å². The number of rotatable bonds is 0. The molecule has 0 amide bonds. The molecule has 0 spiro atoms. The first-order valence-corrected chi connectivity index (χ1v) is 6.00. The molecule has 0 saturated heterocycles. The Hall–Kier alpha value is 8.66. The van der Waals surface area contributed by atoms with Crippen LogP contribution in [0.1, 0.15) is 64.2 Å². The van der Waals surface area contributed by atoms with E-state index in [9.17, 15) is 0 Å². The third-order valence-electron chi connectivity index (χ3n) is 0. The third-order valence-corrected chi connectivity index (χ3v) is 0. The van der Waals surface area contributed by atoms with Crippen molar-refractivity contribution in [2.24, 2.45) is 0 Å². The van der Waals surface area contributed by atoms with Crippen molar-refractivity contribution in [1.82, 2.24) is 0 Å². The Kier molecular flexibility index (Phi) is 390. The summed E-state index contributed by atoms with van der Waals surface area (Å²) in [4.78, 5) is 0. The van der Waals surface area contributed by atoms with Crippen LogP contribution in [-0.4, -0.2) is 348 Å². The second-order valence-corrected chi connectivity index (χ2v) is 3.67. The third kappa shape index (κ3) is 731. The van der Waals surface area contributed by atoms with Crippen molar-refractivity contribution >= 4 is 326 Å². The minimum Gasteiger partial charge on any atom is -1.00 e. The molecule has 0 unspecified atom stereocenters. The first-order chi connectivity index (χ1) is 6.00. The molecule has 0 radical (unpaired) electrons. The summed E-state index contributed by atoms with van der Waals surface area (Å²) < 4.78 is 102. The van der Waals surface area contributed by atoms with Crippen LogP contribution < -0.4 is 0 Å². The van der Waals surface area contributed by atoms with E-state index in [1.807, 2.05) is 0 Å². The summed E-state index contributed by atoms with van der Waals surface area (Å²) in [5.41, 5.74) is 0. The monoisotopic (exact) mass is 792 g/mol. The minimum absolute atomic E-state index is 0. The van der Waals surface area contributed by atoms with Gasteiger partial charge in [-0.25, -0.2) is 0 Å². The second-order valence-electron chi connectivity index (χ2n) is 1.22. The zero-order valence-corrected chi connectivity index (χ0v) is 38.0. The zero-order valence-electron chi connectivity index (χ0n) is 60.9. The van der Waals surface area contributed by atoms with Crippen LogP contribution in [0.25, 0.3) is 0 Å². The van der Waals surface area contributed by atoms with Crippen LogP contribution in [0, 0.1) is 0 Å². The van der Waals surface area contributed by atoms with E-state index < -0.39 is 31.2 Å². The Morgan fingerprint density at radius 3 is 0.250 bits per heavy atom. The molecule has 0 aromatic carbocycles. The van der Waals surface area contributed by atoms with Crippen LogP contribution in [0.4, 0.5) is 0 Å². The topological polar surface area (TPSA) is 241 Å². The molecule has 0 aromatic heterocycles. The first kappa shape index (κ1) is 150. The van der Waals surface area contributed by atoms with Gasteiger partial charge in [0.2, 0.25) is 0 Å². The maximum Gasteiger partial charge on any atom is 3.00 e. The normalized spacial score (nSPS) is 5.44. The summed E-state index contributed by atoms with van der Waals surface area (Å²) in [6, 6.07) is 0. The van der Waals surface area contributed by atoms with Gasteiger partial charge in [0, 0.05) is 31.2 Å². The van der Waals surface area contributed by atoms with E-state index in [2.05, 4.69) is 0 Å². The van der Waals surface area contributed by atoms with Crippen molar-refractivity contribution in [3.8, 4) is 0 Å². The number of hydrogen-bond acceptors (Lipinski definition) is 12. The molecule has 0 heterocycles. The molecule has 0 aromatic rings. The van der Waals surface area contributed by atoms with Crippen molar-refractivity contribution in [2.45, 2.75) is 0 Å². The zero-order chi connectivity index (χ0) is 13.5. The number of hydrogen-bond donors (Lipinski definition) is 0. The van der Waals surface area contributed by atoms with E-state index >= 15 is 0 Å². The van der Waals surface area contributed by atoms with E-state index in [-0.39, 0.29) is 359 Å². The van der Waals surface area contributed by atoms with Gasteiger partial charge in [0.1, 0.15) is 0 Å². The molecular formula is H45Al17O12S3. The summed E-state index contributed by atoms with van der Waals surface area (Å²) >= 11 is 0. The molecule has 12 nitrogen and oxygen atoms in total. The van der Waals surface area contributed by atoms with Crippen LogP contribution in [-0.2, 0) is 31.2 Å². The fraction of sp³-hybridized carbons (Fsp3) is 0. The van der Waals surface area contributed by atoms with E-state index in [1.54, 1.807) is 0 Å². The smallest absolute Gasteiger partial charge is 1.00 e. The maximum atomic E-state index is 8.52. The molecule has 0 atom stereocenters. The van der Waals surface area contributed by atoms with Gasteiger partial charge in [0.25, 0.3) is 0 Å². The van der Waals surface area contributed by atoms with E-state index in [4.69, 9.17) is 52.6 Å². The predicted molar refractivity (Wildman–Crippen MR) is 179 cm³/mol. The molecule has 0 saturated carbocycles. The average molecular weight is 792 g/mol. The van der Waals surface area contributed by atoms with Crippen molar-refractivity contribution < 1.29 is 117 Å². The van der Waals surface area contributed by atoms with E-state index in [0.717, 1.165) is 0 Å². The SMILES string of the molecule is O=S(=O)([O-])[O-].O=S(=O)([O-])[O-].O=S(=O)([O-])[O-].[Al+3].[Al+3].[Al+3].[Al+3].[Al+3].[Al+3].[Al+3].[Al+3].[Al+3].[Al+3].[Al+3].[Al+3].[Al+3].[Al+3].[Al+3].[Al+3].[Al+3].[H-].[H-].[H-].[H-].[H-].[H-].[H-].[H-].[H-].[H-].[H-].[H-].[H-].[H-].[H-].[H-].[H-].[H-].[H-].[H-].[H-].[H-].[H-].[H-].[H-].[H-].[H-].[H-].[H-].[H-].[H-].[H-].[H-].[H-].[H-].[H-].[H-].[H-].[H-].[H-].[H-].[H-].[H-].[H-].[H-].